The summed E-state index contributed by atoms with van der Waals surface area (Å²) in [6.07, 6.45) is -2.19. The average Bonchev–Trinajstić information content (AvgIpc) is 2.18. The Morgan fingerprint density at radius 2 is 2.07 bits per heavy atom. The zero-order valence-corrected chi connectivity index (χ0v) is 8.30. The molecule has 5 nitrogen and oxygen atoms in total. The van der Waals surface area contributed by atoms with Crippen LogP contribution in [0.1, 0.15) is 19.8 Å². The molecule has 1 heterocycles. The van der Waals surface area contributed by atoms with Gasteiger partial charge in [0.15, 0.2) is 6.29 Å². The molecule has 0 saturated carbocycles. The minimum atomic E-state index is -1.26. The van der Waals surface area contributed by atoms with Crippen molar-refractivity contribution in [2.45, 2.75) is 44.4 Å². The number of hydrogen-bond donors (Lipinski definition) is 3. The van der Waals surface area contributed by atoms with Crippen molar-refractivity contribution in [3.05, 3.63) is 0 Å². The van der Waals surface area contributed by atoms with Gasteiger partial charge in [-0.05, 0) is 6.42 Å². The van der Waals surface area contributed by atoms with E-state index in [9.17, 15) is 10.2 Å². The van der Waals surface area contributed by atoms with Crippen LogP contribution in [0.3, 0.4) is 0 Å². The van der Waals surface area contributed by atoms with Crippen LogP contribution in [0.2, 0.25) is 0 Å². The molecular formula is C9H18O5. The fourth-order valence-electron chi connectivity index (χ4n) is 1.35. The van der Waals surface area contributed by atoms with Crippen LogP contribution in [0.25, 0.3) is 0 Å². The van der Waals surface area contributed by atoms with E-state index in [1.165, 1.54) is 0 Å². The fourth-order valence-corrected chi connectivity index (χ4v) is 1.35. The summed E-state index contributed by atoms with van der Waals surface area (Å²) in [5.41, 5.74) is 0. The molecule has 1 aliphatic rings. The third kappa shape index (κ3) is 2.90. The summed E-state index contributed by atoms with van der Waals surface area (Å²) < 4.78 is 9.99. The van der Waals surface area contributed by atoms with E-state index in [1.807, 2.05) is 6.92 Å². The van der Waals surface area contributed by atoms with E-state index in [4.69, 9.17) is 14.6 Å². The van der Waals surface area contributed by atoms with Crippen molar-refractivity contribution in [3.8, 4) is 0 Å². The van der Waals surface area contributed by atoms with Crippen LogP contribution in [0.5, 0.6) is 0 Å². The summed E-state index contributed by atoms with van der Waals surface area (Å²) >= 11 is 0. The summed E-state index contributed by atoms with van der Waals surface area (Å²) in [7, 11) is 0. The van der Waals surface area contributed by atoms with E-state index in [-0.39, 0.29) is 6.61 Å². The number of unbranched alkanes of at least 4 members (excludes halogenated alkanes) is 1. The Morgan fingerprint density at radius 3 is 2.71 bits per heavy atom. The van der Waals surface area contributed by atoms with Crippen LogP contribution < -0.4 is 0 Å². The van der Waals surface area contributed by atoms with Crippen LogP contribution in [-0.4, -0.2) is 53.1 Å². The Balaban J connectivity index is 2.37. The predicted octanol–water partition coefficient (Wildman–Crippen LogP) is -0.758. The van der Waals surface area contributed by atoms with E-state index < -0.39 is 24.6 Å². The van der Waals surface area contributed by atoms with Crippen LogP contribution in [0.4, 0.5) is 0 Å². The molecule has 5 heteroatoms. The Morgan fingerprint density at radius 1 is 1.36 bits per heavy atom. The molecule has 4 atom stereocenters. The maximum Gasteiger partial charge on any atom is 0.183 e. The van der Waals surface area contributed by atoms with Gasteiger partial charge in [0.25, 0.3) is 0 Å². The minimum Gasteiger partial charge on any atom is -0.388 e. The van der Waals surface area contributed by atoms with Crippen molar-refractivity contribution in [3.63, 3.8) is 0 Å². The maximum absolute atomic E-state index is 9.45. The first-order chi connectivity index (χ1) is 6.66. The summed E-state index contributed by atoms with van der Waals surface area (Å²) in [6.45, 7) is 2.49. The van der Waals surface area contributed by atoms with Crippen molar-refractivity contribution in [1.82, 2.24) is 0 Å². The van der Waals surface area contributed by atoms with Gasteiger partial charge in [0.05, 0.1) is 6.61 Å². The lowest BCUT2D eigenvalue weighted by atomic mass is 10.1. The predicted molar refractivity (Wildman–Crippen MR) is 48.6 cm³/mol. The molecule has 0 spiro atoms. The van der Waals surface area contributed by atoms with E-state index in [2.05, 4.69) is 0 Å². The molecule has 1 saturated heterocycles. The monoisotopic (exact) mass is 206 g/mol. The molecule has 0 aliphatic carbocycles. The SMILES string of the molecule is CCCCO[C@H]1[C@H](O)[C@H](O)OC[C@H]1O. The molecule has 1 rings (SSSR count). The lowest BCUT2D eigenvalue weighted by Gasteiger charge is -2.35. The molecule has 84 valence electrons. The van der Waals surface area contributed by atoms with Crippen LogP contribution >= 0.6 is 0 Å². The Hall–Kier alpha value is -0.200. The lowest BCUT2D eigenvalue weighted by Crippen LogP contribution is -2.54. The first-order valence-electron chi connectivity index (χ1n) is 4.94. The highest BCUT2D eigenvalue weighted by Gasteiger charge is 2.38. The van der Waals surface area contributed by atoms with Gasteiger partial charge in [-0.2, -0.15) is 0 Å². The van der Waals surface area contributed by atoms with Crippen molar-refractivity contribution < 1.29 is 24.8 Å². The molecule has 0 aromatic heterocycles. The summed E-state index contributed by atoms with van der Waals surface area (Å²) in [5.74, 6) is 0. The van der Waals surface area contributed by atoms with Crippen molar-refractivity contribution in [2.24, 2.45) is 0 Å². The van der Waals surface area contributed by atoms with E-state index in [0.29, 0.717) is 6.61 Å². The van der Waals surface area contributed by atoms with Gasteiger partial charge in [-0.25, -0.2) is 0 Å². The van der Waals surface area contributed by atoms with Crippen LogP contribution in [0, 0.1) is 0 Å². The molecule has 0 aromatic rings. The van der Waals surface area contributed by atoms with Crippen molar-refractivity contribution >= 4 is 0 Å². The van der Waals surface area contributed by atoms with E-state index in [0.717, 1.165) is 12.8 Å². The molecule has 14 heavy (non-hydrogen) atoms. The minimum absolute atomic E-state index is 0.00494. The zero-order valence-electron chi connectivity index (χ0n) is 8.30. The number of rotatable bonds is 4. The van der Waals surface area contributed by atoms with Gasteiger partial charge in [-0.1, -0.05) is 13.3 Å². The molecular weight excluding hydrogens is 188 g/mol. The van der Waals surface area contributed by atoms with Crippen molar-refractivity contribution in [1.29, 1.82) is 0 Å². The van der Waals surface area contributed by atoms with Crippen LogP contribution in [0.15, 0.2) is 0 Å². The third-order valence-electron chi connectivity index (χ3n) is 2.25. The van der Waals surface area contributed by atoms with E-state index in [1.54, 1.807) is 0 Å². The summed E-state index contributed by atoms with van der Waals surface area (Å²) in [6, 6.07) is 0. The third-order valence-corrected chi connectivity index (χ3v) is 2.25. The number of hydrogen-bond acceptors (Lipinski definition) is 5. The standard InChI is InChI=1S/C9H18O5/c1-2-3-4-13-8-6(10)5-14-9(12)7(8)11/h6-12H,2-5H2,1H3/t6-,7+,8-,9-/m1/s1. The second kappa shape index (κ2) is 5.63. The fraction of sp³-hybridized carbons (Fsp3) is 1.00. The van der Waals surface area contributed by atoms with Gasteiger partial charge >= 0.3 is 0 Å². The van der Waals surface area contributed by atoms with Crippen molar-refractivity contribution in [2.75, 3.05) is 13.2 Å². The smallest absolute Gasteiger partial charge is 0.183 e. The number of aliphatic hydroxyl groups excluding tert-OH is 3. The molecule has 1 aliphatic heterocycles. The first kappa shape index (κ1) is 11.9. The molecule has 0 aromatic carbocycles. The largest absolute Gasteiger partial charge is 0.388 e. The van der Waals surface area contributed by atoms with Gasteiger partial charge in [0.1, 0.15) is 18.3 Å². The molecule has 0 unspecified atom stereocenters. The highest BCUT2D eigenvalue weighted by Crippen LogP contribution is 2.17. The molecule has 0 bridgehead atoms. The highest BCUT2D eigenvalue weighted by atomic mass is 16.6. The topological polar surface area (TPSA) is 79.2 Å². The lowest BCUT2D eigenvalue weighted by molar-refractivity contribution is -0.262. The average molecular weight is 206 g/mol. The second-order valence-corrected chi connectivity index (χ2v) is 3.47. The normalized spacial score (nSPS) is 38.6. The Kier molecular flexibility index (Phi) is 4.77. The molecule has 3 N–H and O–H groups in total. The van der Waals surface area contributed by atoms with Gasteiger partial charge in [0.2, 0.25) is 0 Å². The Labute approximate surface area is 83.3 Å². The first-order valence-corrected chi connectivity index (χ1v) is 4.94. The van der Waals surface area contributed by atoms with Gasteiger partial charge in [0, 0.05) is 6.61 Å². The highest BCUT2D eigenvalue weighted by molar-refractivity contribution is 4.83. The van der Waals surface area contributed by atoms with Gasteiger partial charge in [-0.3, -0.25) is 0 Å². The number of aliphatic hydroxyl groups is 3. The zero-order chi connectivity index (χ0) is 10.6. The van der Waals surface area contributed by atoms with Gasteiger partial charge < -0.3 is 24.8 Å². The molecule has 0 radical (unpaired) electrons. The summed E-state index contributed by atoms with van der Waals surface area (Å²) in [4.78, 5) is 0. The van der Waals surface area contributed by atoms with Gasteiger partial charge in [-0.15, -0.1) is 0 Å². The maximum atomic E-state index is 9.45. The molecule has 0 amide bonds. The Bertz CT molecular complexity index is 163. The quantitative estimate of drug-likeness (QED) is 0.527. The molecule has 1 fully saturated rings. The number of ether oxygens (including phenoxy) is 2. The van der Waals surface area contributed by atoms with Crippen LogP contribution in [-0.2, 0) is 9.47 Å². The summed E-state index contributed by atoms with van der Waals surface area (Å²) in [5, 5.41) is 28.0. The van der Waals surface area contributed by atoms with E-state index >= 15 is 0 Å². The second-order valence-electron chi connectivity index (χ2n) is 3.47.